The largest absolute Gasteiger partial charge is 0.454 e. The normalized spacial score (nSPS) is 17.1. The van der Waals surface area contributed by atoms with Crippen molar-refractivity contribution in [2.24, 2.45) is 0 Å². The minimum atomic E-state index is -0.272. The van der Waals surface area contributed by atoms with E-state index in [4.69, 9.17) is 14.2 Å². The molecule has 0 fully saturated rings. The zero-order valence-corrected chi connectivity index (χ0v) is 11.0. The third kappa shape index (κ3) is 2.08. The number of carbonyl (C=O) groups excluding carboxylic acids is 1. The molecule has 0 radical (unpaired) electrons. The molecule has 21 heavy (non-hydrogen) atoms. The van der Waals surface area contributed by atoms with Crippen LogP contribution in [0, 0.1) is 0 Å². The van der Waals surface area contributed by atoms with Crippen LogP contribution in [0.2, 0.25) is 0 Å². The summed E-state index contributed by atoms with van der Waals surface area (Å²) in [7, 11) is 0. The van der Waals surface area contributed by atoms with Gasteiger partial charge in [-0.1, -0.05) is 18.2 Å². The predicted molar refractivity (Wildman–Crippen MR) is 76.2 cm³/mol. The maximum atomic E-state index is 12.0. The molecule has 1 amide bonds. The molecule has 4 rings (SSSR count). The number of ether oxygens (including phenoxy) is 3. The Hall–Kier alpha value is -2.95. The summed E-state index contributed by atoms with van der Waals surface area (Å²) in [6.45, 7) is 0.222. The molecule has 0 saturated heterocycles. The molecule has 1 N–H and O–H groups in total. The number of hydrogen-bond acceptors (Lipinski definition) is 4. The van der Waals surface area contributed by atoms with Crippen molar-refractivity contribution >= 4 is 17.7 Å². The molecule has 104 valence electrons. The van der Waals surface area contributed by atoms with E-state index in [0.29, 0.717) is 22.9 Å². The van der Waals surface area contributed by atoms with Gasteiger partial charge >= 0.3 is 0 Å². The molecule has 2 aromatic rings. The standard InChI is InChI=1S/C16H11NO4/c18-16-15(21-12-4-2-1-3-11(12)17-16)8-10-5-6-13-14(7-10)20-9-19-13/h1-8H,9H2,(H,17,18)/b15-8+. The molecule has 0 aliphatic carbocycles. The van der Waals surface area contributed by atoms with Crippen LogP contribution in [0.1, 0.15) is 5.56 Å². The number of rotatable bonds is 1. The minimum Gasteiger partial charge on any atom is -0.454 e. The zero-order chi connectivity index (χ0) is 14.2. The number of benzene rings is 2. The second-order valence-corrected chi connectivity index (χ2v) is 4.67. The number of carbonyl (C=O) groups is 1. The van der Waals surface area contributed by atoms with Gasteiger partial charge < -0.3 is 19.5 Å². The highest BCUT2D eigenvalue weighted by molar-refractivity contribution is 6.08. The van der Waals surface area contributed by atoms with Gasteiger partial charge in [-0.2, -0.15) is 0 Å². The Morgan fingerprint density at radius 3 is 2.81 bits per heavy atom. The van der Waals surface area contributed by atoms with E-state index in [1.165, 1.54) is 0 Å². The first-order valence-electron chi connectivity index (χ1n) is 6.49. The van der Waals surface area contributed by atoms with E-state index in [9.17, 15) is 4.79 Å². The summed E-state index contributed by atoms with van der Waals surface area (Å²) in [5.41, 5.74) is 1.48. The Morgan fingerprint density at radius 1 is 1.00 bits per heavy atom. The second kappa shape index (κ2) is 4.56. The summed E-state index contributed by atoms with van der Waals surface area (Å²) in [5, 5.41) is 2.79. The van der Waals surface area contributed by atoms with E-state index in [0.717, 1.165) is 5.56 Å². The lowest BCUT2D eigenvalue weighted by Gasteiger charge is -2.19. The van der Waals surface area contributed by atoms with Crippen molar-refractivity contribution in [3.8, 4) is 17.2 Å². The first kappa shape index (κ1) is 11.8. The molecule has 0 spiro atoms. The predicted octanol–water partition coefficient (Wildman–Crippen LogP) is 2.79. The van der Waals surface area contributed by atoms with Crippen molar-refractivity contribution in [3.05, 3.63) is 53.8 Å². The Labute approximate surface area is 120 Å². The van der Waals surface area contributed by atoms with Gasteiger partial charge in [0.25, 0.3) is 5.91 Å². The van der Waals surface area contributed by atoms with Gasteiger partial charge in [0.1, 0.15) is 0 Å². The Bertz CT molecular complexity index is 767. The summed E-state index contributed by atoms with van der Waals surface area (Å²) in [4.78, 5) is 12.0. The van der Waals surface area contributed by atoms with Gasteiger partial charge in [0.15, 0.2) is 23.0 Å². The second-order valence-electron chi connectivity index (χ2n) is 4.67. The quantitative estimate of drug-likeness (QED) is 0.817. The summed E-state index contributed by atoms with van der Waals surface area (Å²) >= 11 is 0. The average Bonchev–Trinajstić information content (AvgIpc) is 2.95. The van der Waals surface area contributed by atoms with Crippen LogP contribution in [-0.4, -0.2) is 12.7 Å². The number of hydrogen-bond donors (Lipinski definition) is 1. The van der Waals surface area contributed by atoms with Crippen molar-refractivity contribution in [2.45, 2.75) is 0 Å². The fourth-order valence-corrected chi connectivity index (χ4v) is 2.26. The van der Waals surface area contributed by atoms with Crippen molar-refractivity contribution in [1.29, 1.82) is 0 Å². The van der Waals surface area contributed by atoms with Gasteiger partial charge in [-0.15, -0.1) is 0 Å². The Kier molecular flexibility index (Phi) is 2.57. The van der Waals surface area contributed by atoms with Crippen molar-refractivity contribution < 1.29 is 19.0 Å². The van der Waals surface area contributed by atoms with Crippen LogP contribution < -0.4 is 19.5 Å². The SMILES string of the molecule is O=C1Nc2ccccc2O/C1=C/c1ccc2c(c1)OCO2. The zero-order valence-electron chi connectivity index (χ0n) is 11.0. The number of amides is 1. The van der Waals surface area contributed by atoms with Crippen LogP contribution in [0.25, 0.3) is 6.08 Å². The summed E-state index contributed by atoms with van der Waals surface area (Å²) in [6.07, 6.45) is 1.67. The lowest BCUT2D eigenvalue weighted by molar-refractivity contribution is -0.115. The molecule has 2 aromatic carbocycles. The molecule has 5 heteroatoms. The number of fused-ring (bicyclic) bond motifs is 2. The first-order valence-corrected chi connectivity index (χ1v) is 6.49. The van der Waals surface area contributed by atoms with Gasteiger partial charge in [-0.25, -0.2) is 0 Å². The highest BCUT2D eigenvalue weighted by Gasteiger charge is 2.22. The van der Waals surface area contributed by atoms with Crippen LogP contribution >= 0.6 is 0 Å². The lowest BCUT2D eigenvalue weighted by atomic mass is 10.1. The summed E-state index contributed by atoms with van der Waals surface area (Å²) in [5.74, 6) is 1.97. The molecular formula is C16H11NO4. The van der Waals surface area contributed by atoms with E-state index in [1.54, 1.807) is 12.1 Å². The highest BCUT2D eigenvalue weighted by atomic mass is 16.7. The molecule has 2 aliphatic heterocycles. The van der Waals surface area contributed by atoms with Crippen LogP contribution in [0.3, 0.4) is 0 Å². The maximum Gasteiger partial charge on any atom is 0.291 e. The molecule has 0 bridgehead atoms. The fraction of sp³-hybridized carbons (Fsp3) is 0.0625. The van der Waals surface area contributed by atoms with Crippen LogP contribution in [0.5, 0.6) is 17.2 Å². The molecular weight excluding hydrogens is 270 g/mol. The van der Waals surface area contributed by atoms with Crippen LogP contribution in [0.4, 0.5) is 5.69 Å². The molecule has 0 unspecified atom stereocenters. The summed E-state index contributed by atoms with van der Waals surface area (Å²) in [6, 6.07) is 12.8. The Balaban J connectivity index is 1.68. The molecule has 0 saturated carbocycles. The number of nitrogens with one attached hydrogen (secondary N) is 1. The third-order valence-corrected chi connectivity index (χ3v) is 3.27. The van der Waals surface area contributed by atoms with Gasteiger partial charge in [-0.05, 0) is 35.9 Å². The molecule has 2 aliphatic rings. The van der Waals surface area contributed by atoms with E-state index in [-0.39, 0.29) is 18.5 Å². The summed E-state index contributed by atoms with van der Waals surface area (Å²) < 4.78 is 16.2. The van der Waals surface area contributed by atoms with Gasteiger partial charge in [-0.3, -0.25) is 4.79 Å². The van der Waals surface area contributed by atoms with E-state index in [1.807, 2.05) is 36.4 Å². The third-order valence-electron chi connectivity index (χ3n) is 3.27. The fourth-order valence-electron chi connectivity index (χ4n) is 2.26. The van der Waals surface area contributed by atoms with Crippen molar-refractivity contribution in [1.82, 2.24) is 0 Å². The number of para-hydroxylation sites is 2. The van der Waals surface area contributed by atoms with Crippen molar-refractivity contribution in [3.63, 3.8) is 0 Å². The average molecular weight is 281 g/mol. The first-order chi connectivity index (χ1) is 10.3. The monoisotopic (exact) mass is 281 g/mol. The van der Waals surface area contributed by atoms with E-state index in [2.05, 4.69) is 5.32 Å². The smallest absolute Gasteiger partial charge is 0.291 e. The van der Waals surface area contributed by atoms with Gasteiger partial charge in [0, 0.05) is 0 Å². The Morgan fingerprint density at radius 2 is 1.86 bits per heavy atom. The maximum absolute atomic E-state index is 12.0. The highest BCUT2D eigenvalue weighted by Crippen LogP contribution is 2.34. The van der Waals surface area contributed by atoms with Gasteiger partial charge in [0.05, 0.1) is 5.69 Å². The molecule has 5 nitrogen and oxygen atoms in total. The van der Waals surface area contributed by atoms with E-state index < -0.39 is 0 Å². The van der Waals surface area contributed by atoms with Crippen molar-refractivity contribution in [2.75, 3.05) is 12.1 Å². The molecule has 0 aromatic heterocycles. The van der Waals surface area contributed by atoms with E-state index >= 15 is 0 Å². The van der Waals surface area contributed by atoms with Gasteiger partial charge in [0.2, 0.25) is 6.79 Å². The topological polar surface area (TPSA) is 56.8 Å². The van der Waals surface area contributed by atoms with Crippen LogP contribution in [-0.2, 0) is 4.79 Å². The van der Waals surface area contributed by atoms with Crippen LogP contribution in [0.15, 0.2) is 48.2 Å². The minimum absolute atomic E-state index is 0.222. The molecule has 2 heterocycles. The molecule has 0 atom stereocenters. The lowest BCUT2D eigenvalue weighted by Crippen LogP contribution is -2.23. The number of anilines is 1.